The Bertz CT molecular complexity index is 374. The number of rotatable bonds is 3. The van der Waals surface area contributed by atoms with E-state index in [0.717, 1.165) is 25.9 Å². The van der Waals surface area contributed by atoms with Gasteiger partial charge in [0.25, 0.3) is 0 Å². The van der Waals surface area contributed by atoms with Gasteiger partial charge in [-0.05, 0) is 25.8 Å². The van der Waals surface area contributed by atoms with E-state index in [9.17, 15) is 4.79 Å². The smallest absolute Gasteiger partial charge is 0.241 e. The summed E-state index contributed by atoms with van der Waals surface area (Å²) >= 11 is 0. The summed E-state index contributed by atoms with van der Waals surface area (Å²) in [5, 5.41) is 3.02. The average molecular weight is 220 g/mol. The third kappa shape index (κ3) is 2.68. The lowest BCUT2D eigenvalue weighted by molar-refractivity contribution is -0.128. The molecule has 86 valence electrons. The molecule has 2 heterocycles. The molecule has 0 aromatic carbocycles. The van der Waals surface area contributed by atoms with Gasteiger partial charge in [0, 0.05) is 19.3 Å². The van der Waals surface area contributed by atoms with Crippen LogP contribution in [-0.2, 0) is 4.79 Å². The Balaban J connectivity index is 1.84. The lowest BCUT2D eigenvalue weighted by Gasteiger charge is -2.15. The molecule has 16 heavy (non-hydrogen) atoms. The van der Waals surface area contributed by atoms with E-state index in [2.05, 4.69) is 15.3 Å². The van der Waals surface area contributed by atoms with Gasteiger partial charge in [0.2, 0.25) is 5.91 Å². The van der Waals surface area contributed by atoms with Gasteiger partial charge in [-0.3, -0.25) is 4.79 Å². The molecule has 0 aliphatic carbocycles. The first kappa shape index (κ1) is 10.9. The van der Waals surface area contributed by atoms with E-state index in [4.69, 9.17) is 0 Å². The van der Waals surface area contributed by atoms with Crippen LogP contribution in [0.5, 0.6) is 0 Å². The maximum Gasteiger partial charge on any atom is 0.241 e. The van der Waals surface area contributed by atoms with E-state index in [1.165, 1.54) is 0 Å². The summed E-state index contributed by atoms with van der Waals surface area (Å²) in [6.45, 7) is 3.93. The fourth-order valence-corrected chi connectivity index (χ4v) is 1.80. The maximum absolute atomic E-state index is 11.7. The summed E-state index contributed by atoms with van der Waals surface area (Å²) in [7, 11) is 0. The van der Waals surface area contributed by atoms with Gasteiger partial charge in [-0.15, -0.1) is 0 Å². The third-order valence-corrected chi connectivity index (χ3v) is 2.66. The SMILES string of the molecule is Cc1nccc(NCC(=O)N2CCCC2)n1. The molecule has 0 radical (unpaired) electrons. The molecule has 0 bridgehead atoms. The minimum Gasteiger partial charge on any atom is -0.361 e. The minimum atomic E-state index is 0.147. The zero-order valence-electron chi connectivity index (χ0n) is 9.44. The van der Waals surface area contributed by atoms with Gasteiger partial charge < -0.3 is 10.2 Å². The number of hydrogen-bond donors (Lipinski definition) is 1. The molecule has 1 aromatic heterocycles. The van der Waals surface area contributed by atoms with Crippen molar-refractivity contribution in [2.75, 3.05) is 25.0 Å². The van der Waals surface area contributed by atoms with Gasteiger partial charge in [-0.25, -0.2) is 9.97 Å². The number of amides is 1. The van der Waals surface area contributed by atoms with Crippen LogP contribution in [0, 0.1) is 6.92 Å². The monoisotopic (exact) mass is 220 g/mol. The van der Waals surface area contributed by atoms with Crippen molar-refractivity contribution >= 4 is 11.7 Å². The number of carbonyl (C=O) groups excluding carboxylic acids is 1. The quantitative estimate of drug-likeness (QED) is 0.819. The second-order valence-corrected chi connectivity index (χ2v) is 3.93. The van der Waals surface area contributed by atoms with Crippen LogP contribution >= 0.6 is 0 Å². The maximum atomic E-state index is 11.7. The van der Waals surface area contributed by atoms with Crippen LogP contribution in [0.3, 0.4) is 0 Å². The van der Waals surface area contributed by atoms with Crippen LogP contribution < -0.4 is 5.32 Å². The third-order valence-electron chi connectivity index (χ3n) is 2.66. The predicted octanol–water partition coefficient (Wildman–Crippen LogP) is 0.819. The number of likely N-dealkylation sites (tertiary alicyclic amines) is 1. The molecule has 1 aromatic rings. The summed E-state index contributed by atoms with van der Waals surface area (Å²) in [6.07, 6.45) is 3.93. The van der Waals surface area contributed by atoms with Crippen LogP contribution in [0.4, 0.5) is 5.82 Å². The molecule has 1 fully saturated rings. The van der Waals surface area contributed by atoms with Gasteiger partial charge in [-0.1, -0.05) is 0 Å². The van der Waals surface area contributed by atoms with Gasteiger partial charge >= 0.3 is 0 Å². The number of nitrogens with zero attached hydrogens (tertiary/aromatic N) is 3. The van der Waals surface area contributed by atoms with Gasteiger partial charge in [-0.2, -0.15) is 0 Å². The number of carbonyl (C=O) groups is 1. The zero-order valence-corrected chi connectivity index (χ0v) is 9.44. The van der Waals surface area contributed by atoms with Crippen LogP contribution in [0.25, 0.3) is 0 Å². The normalized spacial score (nSPS) is 15.2. The van der Waals surface area contributed by atoms with Crippen LogP contribution in [0.2, 0.25) is 0 Å². The molecule has 0 saturated carbocycles. The fraction of sp³-hybridized carbons (Fsp3) is 0.545. The first-order valence-electron chi connectivity index (χ1n) is 5.57. The molecule has 5 heteroatoms. The van der Waals surface area contributed by atoms with Crippen LogP contribution in [0.15, 0.2) is 12.3 Å². The van der Waals surface area contributed by atoms with E-state index in [-0.39, 0.29) is 5.91 Å². The van der Waals surface area contributed by atoms with Crippen molar-refractivity contribution in [1.82, 2.24) is 14.9 Å². The number of aromatic nitrogens is 2. The second kappa shape index (κ2) is 4.92. The highest BCUT2D eigenvalue weighted by Crippen LogP contribution is 2.08. The Labute approximate surface area is 94.9 Å². The Hall–Kier alpha value is -1.65. The Kier molecular flexibility index (Phi) is 3.34. The molecule has 0 spiro atoms. The van der Waals surface area contributed by atoms with Crippen LogP contribution in [0.1, 0.15) is 18.7 Å². The Morgan fingerprint density at radius 2 is 2.25 bits per heavy atom. The average Bonchev–Trinajstić information content (AvgIpc) is 2.79. The lowest BCUT2D eigenvalue weighted by atomic mass is 10.4. The molecular formula is C11H16N4O. The molecule has 1 aliphatic rings. The molecule has 2 rings (SSSR count). The van der Waals surface area contributed by atoms with Crippen molar-refractivity contribution in [3.05, 3.63) is 18.1 Å². The molecule has 1 aliphatic heterocycles. The van der Waals surface area contributed by atoms with Crippen molar-refractivity contribution < 1.29 is 4.79 Å². The fourth-order valence-electron chi connectivity index (χ4n) is 1.80. The summed E-state index contributed by atoms with van der Waals surface area (Å²) in [4.78, 5) is 21.8. The Morgan fingerprint density at radius 1 is 1.50 bits per heavy atom. The topological polar surface area (TPSA) is 58.1 Å². The predicted molar refractivity (Wildman–Crippen MR) is 61.1 cm³/mol. The summed E-state index contributed by atoms with van der Waals surface area (Å²) in [6, 6.07) is 1.77. The number of aryl methyl sites for hydroxylation is 1. The van der Waals surface area contributed by atoms with E-state index in [1.54, 1.807) is 12.3 Å². The zero-order chi connectivity index (χ0) is 11.4. The first-order valence-corrected chi connectivity index (χ1v) is 5.57. The van der Waals surface area contributed by atoms with Gasteiger partial charge in [0.1, 0.15) is 11.6 Å². The van der Waals surface area contributed by atoms with Crippen molar-refractivity contribution in [2.24, 2.45) is 0 Å². The molecule has 0 atom stereocenters. The molecule has 5 nitrogen and oxygen atoms in total. The summed E-state index contributed by atoms with van der Waals surface area (Å²) in [5.74, 6) is 1.56. The minimum absolute atomic E-state index is 0.147. The first-order chi connectivity index (χ1) is 7.75. The second-order valence-electron chi connectivity index (χ2n) is 3.93. The molecule has 1 amide bonds. The molecular weight excluding hydrogens is 204 g/mol. The van der Waals surface area contributed by atoms with Gasteiger partial charge in [0.05, 0.1) is 6.54 Å². The van der Waals surface area contributed by atoms with Gasteiger partial charge in [0.15, 0.2) is 0 Å². The summed E-state index contributed by atoms with van der Waals surface area (Å²) in [5.41, 5.74) is 0. The van der Waals surface area contributed by atoms with Crippen molar-refractivity contribution in [1.29, 1.82) is 0 Å². The van der Waals surface area contributed by atoms with E-state index < -0.39 is 0 Å². The van der Waals surface area contributed by atoms with E-state index in [0.29, 0.717) is 18.2 Å². The van der Waals surface area contributed by atoms with Crippen LogP contribution in [-0.4, -0.2) is 40.4 Å². The molecule has 1 N–H and O–H groups in total. The highest BCUT2D eigenvalue weighted by molar-refractivity contribution is 5.80. The number of hydrogen-bond acceptors (Lipinski definition) is 4. The lowest BCUT2D eigenvalue weighted by Crippen LogP contribution is -2.33. The highest BCUT2D eigenvalue weighted by Gasteiger charge is 2.17. The highest BCUT2D eigenvalue weighted by atomic mass is 16.2. The largest absolute Gasteiger partial charge is 0.361 e. The number of anilines is 1. The number of nitrogens with one attached hydrogen (secondary N) is 1. The van der Waals surface area contributed by atoms with E-state index in [1.807, 2.05) is 11.8 Å². The standard InChI is InChI=1S/C11H16N4O/c1-9-12-5-4-10(14-9)13-8-11(16)15-6-2-3-7-15/h4-5H,2-3,6-8H2,1H3,(H,12,13,14). The van der Waals surface area contributed by atoms with Crippen molar-refractivity contribution in [3.63, 3.8) is 0 Å². The molecule has 0 unspecified atom stereocenters. The van der Waals surface area contributed by atoms with E-state index >= 15 is 0 Å². The van der Waals surface area contributed by atoms with Crippen molar-refractivity contribution in [2.45, 2.75) is 19.8 Å². The van der Waals surface area contributed by atoms with Crippen molar-refractivity contribution in [3.8, 4) is 0 Å². The Morgan fingerprint density at radius 3 is 2.94 bits per heavy atom. The molecule has 1 saturated heterocycles. The summed E-state index contributed by atoms with van der Waals surface area (Å²) < 4.78 is 0.